The van der Waals surface area contributed by atoms with Gasteiger partial charge in [-0.15, -0.1) is 0 Å². The highest BCUT2D eigenvalue weighted by Crippen LogP contribution is 2.19. The molecule has 0 radical (unpaired) electrons. The zero-order chi connectivity index (χ0) is 18.2. The van der Waals surface area contributed by atoms with Crippen LogP contribution in [0.25, 0.3) is 0 Å². The first-order valence-corrected chi connectivity index (χ1v) is 8.25. The van der Waals surface area contributed by atoms with Gasteiger partial charge in [-0.25, -0.2) is 0 Å². The number of carbonyl (C=O) groups excluding carboxylic acids is 1. The average molecular weight is 334 g/mol. The predicted molar refractivity (Wildman–Crippen MR) is 98.4 cm³/mol. The Labute approximate surface area is 144 Å². The number of amides is 1. The summed E-state index contributed by atoms with van der Waals surface area (Å²) in [6.07, 6.45) is 0.847. The number of guanidine groups is 1. The van der Waals surface area contributed by atoms with E-state index in [1.165, 1.54) is 5.56 Å². The number of nitrogens with one attached hydrogen (secondary N) is 2. The second-order valence-electron chi connectivity index (χ2n) is 6.42. The first kappa shape index (κ1) is 19.8. The average Bonchev–Trinajstić information content (AvgIpc) is 2.54. The monoisotopic (exact) mass is 334 g/mol. The highest BCUT2D eigenvalue weighted by atomic mass is 16.5. The van der Waals surface area contributed by atoms with E-state index in [1.54, 1.807) is 21.0 Å². The van der Waals surface area contributed by atoms with Crippen molar-refractivity contribution in [2.75, 3.05) is 26.7 Å². The van der Waals surface area contributed by atoms with Crippen LogP contribution in [0.1, 0.15) is 31.9 Å². The van der Waals surface area contributed by atoms with Crippen LogP contribution in [0.3, 0.4) is 0 Å². The summed E-state index contributed by atoms with van der Waals surface area (Å²) in [6.45, 7) is 9.44. The molecule has 0 aliphatic rings. The lowest BCUT2D eigenvalue weighted by Crippen LogP contribution is -2.40. The Hall–Kier alpha value is -2.24. The molecule has 0 aromatic heterocycles. The number of primary amides is 1. The second kappa shape index (κ2) is 9.15. The summed E-state index contributed by atoms with van der Waals surface area (Å²) in [5, 5.41) is 6.45. The number of nitrogens with two attached hydrogens (primary N) is 1. The molecular weight excluding hydrogens is 304 g/mol. The maximum Gasteiger partial charge on any atom is 0.224 e. The molecule has 0 aliphatic heterocycles. The Balaban J connectivity index is 2.62. The van der Waals surface area contributed by atoms with E-state index in [2.05, 4.69) is 33.8 Å². The quantitative estimate of drug-likeness (QED) is 0.498. The molecule has 24 heavy (non-hydrogen) atoms. The molecule has 6 heteroatoms. The van der Waals surface area contributed by atoms with Gasteiger partial charge in [-0.1, -0.05) is 12.1 Å². The van der Waals surface area contributed by atoms with Crippen LogP contribution in [0.4, 0.5) is 0 Å². The molecule has 1 aromatic carbocycles. The Morgan fingerprint density at radius 2 is 2.04 bits per heavy atom. The topological polar surface area (TPSA) is 88.7 Å². The largest absolute Gasteiger partial charge is 0.496 e. The molecule has 134 valence electrons. The van der Waals surface area contributed by atoms with Crippen molar-refractivity contribution < 1.29 is 9.53 Å². The molecule has 0 heterocycles. The highest BCUT2D eigenvalue weighted by Gasteiger charge is 2.24. The van der Waals surface area contributed by atoms with E-state index in [-0.39, 0.29) is 5.91 Å². The van der Waals surface area contributed by atoms with Crippen LogP contribution >= 0.6 is 0 Å². The van der Waals surface area contributed by atoms with E-state index < -0.39 is 5.41 Å². The number of methoxy groups -OCH3 is 1. The molecule has 0 aliphatic carbocycles. The fourth-order valence-electron chi connectivity index (χ4n) is 2.04. The van der Waals surface area contributed by atoms with Crippen molar-refractivity contribution in [2.45, 2.75) is 34.1 Å². The zero-order valence-electron chi connectivity index (χ0n) is 15.4. The van der Waals surface area contributed by atoms with Gasteiger partial charge in [0.05, 0.1) is 19.1 Å². The standard InChI is InChI=1S/C18H30N4O2/c1-6-20-17(22-12-18(3,4)16(19)23)21-10-9-14-8-7-13(2)15(11-14)24-5/h7-8,11H,6,9-10,12H2,1-5H3,(H2,19,23)(H2,20,21,22). The van der Waals surface area contributed by atoms with Crippen molar-refractivity contribution in [1.82, 2.24) is 10.6 Å². The molecule has 1 amide bonds. The number of hydrogen-bond donors (Lipinski definition) is 3. The molecule has 0 bridgehead atoms. The second-order valence-corrected chi connectivity index (χ2v) is 6.42. The van der Waals surface area contributed by atoms with Crippen LogP contribution in [-0.4, -0.2) is 38.6 Å². The van der Waals surface area contributed by atoms with Crippen LogP contribution in [0.5, 0.6) is 5.75 Å². The van der Waals surface area contributed by atoms with Crippen LogP contribution in [-0.2, 0) is 11.2 Å². The third-order valence-electron chi connectivity index (χ3n) is 3.82. The number of hydrogen-bond acceptors (Lipinski definition) is 3. The summed E-state index contributed by atoms with van der Waals surface area (Å²) < 4.78 is 5.35. The maximum atomic E-state index is 11.4. The lowest BCUT2D eigenvalue weighted by atomic mass is 9.93. The number of nitrogens with zero attached hydrogens (tertiary/aromatic N) is 1. The number of ether oxygens (including phenoxy) is 1. The van der Waals surface area contributed by atoms with Gasteiger partial charge in [-0.05, 0) is 51.3 Å². The summed E-state index contributed by atoms with van der Waals surface area (Å²) >= 11 is 0. The smallest absolute Gasteiger partial charge is 0.224 e. The lowest BCUT2D eigenvalue weighted by Gasteiger charge is -2.19. The van der Waals surface area contributed by atoms with Gasteiger partial charge in [-0.3, -0.25) is 9.79 Å². The van der Waals surface area contributed by atoms with Gasteiger partial charge in [0.25, 0.3) is 0 Å². The van der Waals surface area contributed by atoms with E-state index in [0.29, 0.717) is 12.5 Å². The molecular formula is C18H30N4O2. The van der Waals surface area contributed by atoms with E-state index >= 15 is 0 Å². The summed E-state index contributed by atoms with van der Waals surface area (Å²) in [5.74, 6) is 1.23. The summed E-state index contributed by atoms with van der Waals surface area (Å²) in [4.78, 5) is 15.8. The third kappa shape index (κ3) is 6.10. The Kier molecular flexibility index (Phi) is 7.55. The number of benzene rings is 1. The summed E-state index contributed by atoms with van der Waals surface area (Å²) in [6, 6.07) is 6.21. The van der Waals surface area contributed by atoms with Gasteiger partial charge < -0.3 is 21.1 Å². The third-order valence-corrected chi connectivity index (χ3v) is 3.82. The molecule has 1 rings (SSSR count). The summed E-state index contributed by atoms with van der Waals surface area (Å²) in [7, 11) is 1.68. The van der Waals surface area contributed by atoms with Crippen molar-refractivity contribution in [3.8, 4) is 5.75 Å². The highest BCUT2D eigenvalue weighted by molar-refractivity contribution is 5.82. The molecule has 0 unspecified atom stereocenters. The first-order chi connectivity index (χ1) is 11.3. The van der Waals surface area contributed by atoms with Crippen molar-refractivity contribution in [1.29, 1.82) is 0 Å². The van der Waals surface area contributed by atoms with Crippen molar-refractivity contribution in [3.63, 3.8) is 0 Å². The number of aryl methyl sites for hydroxylation is 1. The molecule has 1 aromatic rings. The van der Waals surface area contributed by atoms with Gasteiger partial charge in [0.2, 0.25) is 5.91 Å². The predicted octanol–water partition coefficient (Wildman–Crippen LogP) is 1.61. The van der Waals surface area contributed by atoms with E-state index in [9.17, 15) is 4.79 Å². The molecule has 0 saturated heterocycles. The van der Waals surface area contributed by atoms with Gasteiger partial charge in [0.1, 0.15) is 5.75 Å². The molecule has 0 saturated carbocycles. The van der Waals surface area contributed by atoms with Crippen LogP contribution < -0.4 is 21.1 Å². The van der Waals surface area contributed by atoms with Gasteiger partial charge in [0.15, 0.2) is 5.96 Å². The van der Waals surface area contributed by atoms with Crippen molar-refractivity contribution >= 4 is 11.9 Å². The Bertz CT molecular complexity index is 582. The van der Waals surface area contributed by atoms with Crippen LogP contribution in [0.2, 0.25) is 0 Å². The van der Waals surface area contributed by atoms with Crippen LogP contribution in [0.15, 0.2) is 23.2 Å². The molecule has 0 fully saturated rings. The SMILES string of the molecule is CCNC(=NCC(C)(C)C(N)=O)NCCc1ccc(C)c(OC)c1. The van der Waals surface area contributed by atoms with E-state index in [1.807, 2.05) is 13.8 Å². The molecule has 0 atom stereocenters. The van der Waals surface area contributed by atoms with E-state index in [4.69, 9.17) is 10.5 Å². The Morgan fingerprint density at radius 1 is 1.33 bits per heavy atom. The first-order valence-electron chi connectivity index (χ1n) is 8.25. The maximum absolute atomic E-state index is 11.4. The lowest BCUT2D eigenvalue weighted by molar-refractivity contribution is -0.125. The molecule has 4 N–H and O–H groups in total. The minimum absolute atomic E-state index is 0.343. The number of carbonyl (C=O) groups is 1. The zero-order valence-corrected chi connectivity index (χ0v) is 15.4. The van der Waals surface area contributed by atoms with Crippen molar-refractivity contribution in [2.24, 2.45) is 16.1 Å². The molecule has 6 nitrogen and oxygen atoms in total. The van der Waals surface area contributed by atoms with Gasteiger partial charge in [-0.2, -0.15) is 0 Å². The number of rotatable bonds is 8. The van der Waals surface area contributed by atoms with Gasteiger partial charge in [0, 0.05) is 13.1 Å². The fourth-order valence-corrected chi connectivity index (χ4v) is 2.04. The number of aliphatic imine (C=N–C) groups is 1. The fraction of sp³-hybridized carbons (Fsp3) is 0.556. The minimum atomic E-state index is -0.660. The van der Waals surface area contributed by atoms with Crippen molar-refractivity contribution in [3.05, 3.63) is 29.3 Å². The molecule has 0 spiro atoms. The normalized spacial score (nSPS) is 12.0. The van der Waals surface area contributed by atoms with Crippen LogP contribution in [0, 0.1) is 12.3 Å². The van der Waals surface area contributed by atoms with Gasteiger partial charge >= 0.3 is 0 Å². The van der Waals surface area contributed by atoms with E-state index in [0.717, 1.165) is 30.8 Å². The summed E-state index contributed by atoms with van der Waals surface area (Å²) in [5.41, 5.74) is 7.04. The Morgan fingerprint density at radius 3 is 2.62 bits per heavy atom. The minimum Gasteiger partial charge on any atom is -0.496 e.